The second-order valence-corrected chi connectivity index (χ2v) is 13.6. The monoisotopic (exact) mass is 1090 g/mol. The molecule has 1 aromatic rings. The van der Waals surface area contributed by atoms with Gasteiger partial charge < -0.3 is 5.32 Å². The summed E-state index contributed by atoms with van der Waals surface area (Å²) >= 11 is 0. The van der Waals surface area contributed by atoms with Gasteiger partial charge in [-0.3, -0.25) is 4.79 Å². The minimum absolute atomic E-state index is 0.00821. The molecule has 0 radical (unpaired) electrons. The average molecular weight is 1090 g/mol. The summed E-state index contributed by atoms with van der Waals surface area (Å²) in [5.41, 5.74) is -1.73. The average Bonchev–Trinajstić information content (AvgIpc) is 3.13. The molecule has 4 nitrogen and oxygen atoms in total. The molecule has 1 amide bonds. The first-order valence-corrected chi connectivity index (χ1v) is 15.8. The largest absolute Gasteiger partial charge is 0.460 e. The van der Waals surface area contributed by atoms with Gasteiger partial charge in [0.05, 0.1) is 11.3 Å². The molecule has 1 atom stereocenters. The zero-order valence-corrected chi connectivity index (χ0v) is 31.0. The molecule has 0 aliphatic heterocycles. The molecule has 1 aromatic carbocycles. The highest BCUT2D eigenvalue weighted by molar-refractivity contribution is 5.99. The number of rotatable bonds is 20. The maximum absolute atomic E-state index is 14.5. The molecule has 396 valence electrons. The number of alkyl halides is 35. The summed E-state index contributed by atoms with van der Waals surface area (Å²) < 4.78 is 485. The van der Waals surface area contributed by atoms with Crippen molar-refractivity contribution in [3.8, 4) is 0 Å². The second kappa shape index (κ2) is 16.6. The number of halogens is 35. The molecule has 0 saturated heterocycles. The summed E-state index contributed by atoms with van der Waals surface area (Å²) in [6.07, 6.45) is -11.0. The SMILES string of the molecule is Cc1ccc(N=C=O)c(C(=O)NC(C)CC(F)(F)C(F)(F)C(F)(F)C(F)(F)C(F)(F)C(F)(F)C(F)(F)C(F)(F)C(F)(F)C(F)(F)C(F)(F)C(F)(F)C(F)(F)C(F)(F)C(F)(F)C(F)(F)C(F)(F)F)c1. The van der Waals surface area contributed by atoms with Crippen LogP contribution in [-0.4, -0.2) is 119 Å². The van der Waals surface area contributed by atoms with Crippen LogP contribution in [0.25, 0.3) is 0 Å². The van der Waals surface area contributed by atoms with Gasteiger partial charge in [-0.2, -0.15) is 159 Å². The van der Waals surface area contributed by atoms with Crippen molar-refractivity contribution in [1.29, 1.82) is 0 Å². The molecule has 0 aliphatic rings. The molecule has 1 unspecified atom stereocenters. The van der Waals surface area contributed by atoms with Crippen LogP contribution in [0, 0.1) is 6.92 Å². The van der Waals surface area contributed by atoms with Crippen molar-refractivity contribution in [1.82, 2.24) is 5.32 Å². The molecule has 0 aromatic heterocycles. The first-order chi connectivity index (χ1) is 29.2. The smallest absolute Gasteiger partial charge is 0.349 e. The minimum Gasteiger partial charge on any atom is -0.349 e. The van der Waals surface area contributed by atoms with Gasteiger partial charge in [0.2, 0.25) is 6.08 Å². The number of aryl methyl sites for hydroxylation is 1. The third-order valence-corrected chi connectivity index (χ3v) is 8.84. The van der Waals surface area contributed by atoms with Crippen LogP contribution in [0.15, 0.2) is 23.2 Å². The van der Waals surface area contributed by atoms with Crippen LogP contribution in [0.1, 0.15) is 29.3 Å². The van der Waals surface area contributed by atoms with Crippen molar-refractivity contribution in [2.75, 3.05) is 0 Å². The van der Waals surface area contributed by atoms with E-state index in [9.17, 15) is 163 Å². The Labute approximate surface area is 348 Å². The van der Waals surface area contributed by atoms with Gasteiger partial charge in [0.15, 0.2) is 0 Å². The molecule has 0 saturated carbocycles. The summed E-state index contributed by atoms with van der Waals surface area (Å²) in [5, 5.41) is 1.17. The van der Waals surface area contributed by atoms with E-state index >= 15 is 0 Å². The number of carbonyl (C=O) groups excluding carboxylic acids is 2. The number of hydrogen-bond acceptors (Lipinski definition) is 3. The topological polar surface area (TPSA) is 58.5 Å². The van der Waals surface area contributed by atoms with E-state index in [-0.39, 0.29) is 12.5 Å². The maximum Gasteiger partial charge on any atom is 0.460 e. The predicted octanol–water partition coefficient (Wildman–Crippen LogP) is 13.2. The fourth-order valence-electron chi connectivity index (χ4n) is 4.81. The Balaban J connectivity index is 3.93. The molecule has 0 bridgehead atoms. The highest BCUT2D eigenvalue weighted by atomic mass is 19.4. The van der Waals surface area contributed by atoms with Crippen LogP contribution in [0.5, 0.6) is 0 Å². The molecule has 0 fully saturated rings. The number of amides is 1. The van der Waals surface area contributed by atoms with E-state index in [4.69, 9.17) is 0 Å². The van der Waals surface area contributed by atoms with Crippen molar-refractivity contribution >= 4 is 17.7 Å². The van der Waals surface area contributed by atoms with E-state index in [0.29, 0.717) is 6.07 Å². The van der Waals surface area contributed by atoms with Crippen LogP contribution in [-0.2, 0) is 4.79 Å². The first kappa shape index (κ1) is 61.6. The number of aliphatic imine (C=N–C) groups is 1. The van der Waals surface area contributed by atoms with Crippen LogP contribution in [0.4, 0.5) is 159 Å². The summed E-state index contributed by atoms with van der Waals surface area (Å²) in [6, 6.07) is -0.466. The van der Waals surface area contributed by atoms with Crippen molar-refractivity contribution in [3.63, 3.8) is 0 Å². The number of hydrogen-bond donors (Lipinski definition) is 1. The zero-order valence-electron chi connectivity index (χ0n) is 31.0. The Morgan fingerprint density at radius 2 is 0.706 bits per heavy atom. The second-order valence-electron chi connectivity index (χ2n) is 13.6. The normalized spacial score (nSPS) is 16.4. The van der Waals surface area contributed by atoms with Gasteiger partial charge in [-0.15, -0.1) is 0 Å². The number of nitrogens with zero attached hydrogens (tertiary/aromatic N) is 1. The lowest BCUT2D eigenvalue weighted by Gasteiger charge is -2.47. The summed E-state index contributed by atoms with van der Waals surface area (Å²) in [4.78, 5) is 25.8. The quantitative estimate of drug-likeness (QED) is 0.0804. The third kappa shape index (κ3) is 7.96. The van der Waals surface area contributed by atoms with E-state index in [0.717, 1.165) is 25.1 Å². The zero-order chi connectivity index (χ0) is 55.3. The number of benzene rings is 1. The molecule has 1 N–H and O–H groups in total. The molecular weight excluding hydrogens is 1070 g/mol. The van der Waals surface area contributed by atoms with Crippen molar-refractivity contribution in [3.05, 3.63) is 29.3 Å². The van der Waals surface area contributed by atoms with E-state index in [2.05, 4.69) is 4.99 Å². The third-order valence-electron chi connectivity index (χ3n) is 8.84. The first-order valence-electron chi connectivity index (χ1n) is 15.8. The van der Waals surface area contributed by atoms with E-state index < -0.39 is 131 Å². The summed E-state index contributed by atoms with van der Waals surface area (Å²) in [6.45, 7) is 1.12. The van der Waals surface area contributed by atoms with Gasteiger partial charge in [0.25, 0.3) is 5.91 Å². The van der Waals surface area contributed by atoms with Gasteiger partial charge in [-0.05, 0) is 26.0 Å². The fourth-order valence-corrected chi connectivity index (χ4v) is 4.81. The lowest BCUT2D eigenvalue weighted by atomic mass is 9.82. The Morgan fingerprint density at radius 1 is 0.456 bits per heavy atom. The molecule has 1 rings (SSSR count). The van der Waals surface area contributed by atoms with Crippen molar-refractivity contribution < 1.29 is 163 Å². The molecule has 68 heavy (non-hydrogen) atoms. The minimum atomic E-state index is -10.4. The molecular formula is C29H13F35N2O2. The van der Waals surface area contributed by atoms with Crippen LogP contribution in [0.2, 0.25) is 0 Å². The number of isocyanates is 1. The van der Waals surface area contributed by atoms with Crippen LogP contribution >= 0.6 is 0 Å². The lowest BCUT2D eigenvalue weighted by molar-refractivity contribution is -0.492. The summed E-state index contributed by atoms with van der Waals surface area (Å²) in [7, 11) is 0. The van der Waals surface area contributed by atoms with Gasteiger partial charge in [0, 0.05) is 12.5 Å². The Bertz CT molecular complexity index is 2080. The Hall–Kier alpha value is -4.38. The highest BCUT2D eigenvalue weighted by Crippen LogP contribution is 2.70. The standard InChI is InChI=1S/C29H13F35N2O2/c1-8-3-4-11(65-7-67)10(5-8)12(68)66-9(2)6-13(30,31)14(32,33)15(34,35)16(36,37)17(38,39)18(40,41)19(42,43)20(44,45)21(46,47)22(48,49)23(50,51)24(52,53)25(54,55)26(56,57)27(58,59)28(60,61)29(62,63)64/h3-5,9H,6H2,1-2H3,(H,66,68). The highest BCUT2D eigenvalue weighted by Gasteiger charge is 3.02. The molecule has 39 heteroatoms. The Morgan fingerprint density at radius 3 is 0.956 bits per heavy atom. The predicted molar refractivity (Wildman–Crippen MR) is 146 cm³/mol. The van der Waals surface area contributed by atoms with Crippen LogP contribution < -0.4 is 5.32 Å². The maximum atomic E-state index is 14.5. The molecule has 0 spiro atoms. The van der Waals surface area contributed by atoms with E-state index in [1.165, 1.54) is 5.32 Å². The lowest BCUT2D eigenvalue weighted by Crippen LogP contribution is -2.80. The Kier molecular flexibility index (Phi) is 15.1. The fraction of sp³-hybridized carbons (Fsp3) is 0.724. The van der Waals surface area contributed by atoms with E-state index in [1.807, 2.05) is 0 Å². The van der Waals surface area contributed by atoms with Gasteiger partial charge in [0.1, 0.15) is 0 Å². The van der Waals surface area contributed by atoms with Crippen molar-refractivity contribution in [2.45, 2.75) is 127 Å². The number of nitrogens with one attached hydrogen (secondary N) is 1. The molecule has 0 aliphatic carbocycles. The van der Waals surface area contributed by atoms with E-state index in [1.54, 1.807) is 0 Å². The number of carbonyl (C=O) groups is 1. The summed E-state index contributed by atoms with van der Waals surface area (Å²) in [5.74, 6) is -157. The van der Waals surface area contributed by atoms with Crippen molar-refractivity contribution in [2.24, 2.45) is 4.99 Å². The van der Waals surface area contributed by atoms with Gasteiger partial charge in [-0.1, -0.05) is 11.6 Å². The molecule has 0 heterocycles. The van der Waals surface area contributed by atoms with Gasteiger partial charge >= 0.3 is 101 Å². The van der Waals surface area contributed by atoms with Gasteiger partial charge in [-0.25, -0.2) is 4.79 Å². The van der Waals surface area contributed by atoms with Crippen LogP contribution in [0.3, 0.4) is 0 Å².